The molecule has 0 aromatic heterocycles. The summed E-state index contributed by atoms with van der Waals surface area (Å²) in [6.45, 7) is 6.39. The van der Waals surface area contributed by atoms with Crippen molar-refractivity contribution in [2.24, 2.45) is 0 Å². The molecule has 2 rings (SSSR count). The summed E-state index contributed by atoms with van der Waals surface area (Å²) < 4.78 is 13.0. The first-order valence-corrected chi connectivity index (χ1v) is 9.55. The second-order valence-electron chi connectivity index (χ2n) is 7.26. The van der Waals surface area contributed by atoms with Crippen molar-refractivity contribution in [3.05, 3.63) is 30.1 Å². The van der Waals surface area contributed by atoms with Crippen molar-refractivity contribution in [1.29, 1.82) is 0 Å². The lowest BCUT2D eigenvalue weighted by Gasteiger charge is -2.36. The number of carbonyl (C=O) groups is 2. The Balaban J connectivity index is 1.76. The van der Waals surface area contributed by atoms with Crippen LogP contribution < -0.4 is 4.90 Å². The van der Waals surface area contributed by atoms with Gasteiger partial charge in [0.25, 0.3) is 0 Å². The molecule has 1 aromatic rings. The molecule has 0 spiro atoms. The lowest BCUT2D eigenvalue weighted by molar-refractivity contribution is -0.133. The van der Waals surface area contributed by atoms with E-state index in [1.165, 1.54) is 12.1 Å². The Morgan fingerprint density at radius 3 is 2.19 bits per heavy atom. The third kappa shape index (κ3) is 6.82. The summed E-state index contributed by atoms with van der Waals surface area (Å²) in [5.41, 5.74) is 0.979. The molecule has 1 aliphatic heterocycles. The van der Waals surface area contributed by atoms with E-state index in [-0.39, 0.29) is 17.6 Å². The average molecular weight is 378 g/mol. The number of hydrogen-bond acceptors (Lipinski definition) is 4. The number of piperazine rings is 1. The molecule has 7 heteroatoms. The van der Waals surface area contributed by atoms with Crippen LogP contribution in [-0.2, 0) is 9.59 Å². The van der Waals surface area contributed by atoms with Crippen molar-refractivity contribution in [3.63, 3.8) is 0 Å². The third-order valence-electron chi connectivity index (χ3n) is 4.90. The molecule has 0 unspecified atom stereocenters. The van der Waals surface area contributed by atoms with Gasteiger partial charge in [-0.15, -0.1) is 0 Å². The van der Waals surface area contributed by atoms with Crippen LogP contribution in [0.5, 0.6) is 0 Å². The monoisotopic (exact) mass is 378 g/mol. The number of halogens is 1. The van der Waals surface area contributed by atoms with Gasteiger partial charge in [0.2, 0.25) is 11.8 Å². The summed E-state index contributed by atoms with van der Waals surface area (Å²) in [4.78, 5) is 32.2. The third-order valence-corrected chi connectivity index (χ3v) is 4.90. The van der Waals surface area contributed by atoms with Crippen molar-refractivity contribution in [2.45, 2.75) is 19.8 Å². The van der Waals surface area contributed by atoms with Gasteiger partial charge in [-0.3, -0.25) is 9.59 Å². The Morgan fingerprint density at radius 1 is 1.00 bits per heavy atom. The average Bonchev–Trinajstić information content (AvgIpc) is 2.64. The molecule has 2 amide bonds. The summed E-state index contributed by atoms with van der Waals surface area (Å²) in [7, 11) is 4.01. The van der Waals surface area contributed by atoms with Gasteiger partial charge < -0.3 is 19.6 Å². The molecule has 1 aromatic carbocycles. The van der Waals surface area contributed by atoms with Crippen molar-refractivity contribution < 1.29 is 14.0 Å². The second kappa shape index (κ2) is 10.3. The maximum absolute atomic E-state index is 13.0. The van der Waals surface area contributed by atoms with E-state index in [9.17, 15) is 14.0 Å². The van der Waals surface area contributed by atoms with Gasteiger partial charge in [-0.25, -0.2) is 4.39 Å². The number of nitrogens with zero attached hydrogens (tertiary/aromatic N) is 4. The van der Waals surface area contributed by atoms with Crippen molar-refractivity contribution in [2.75, 3.05) is 64.8 Å². The van der Waals surface area contributed by atoms with Crippen LogP contribution in [0.15, 0.2) is 24.3 Å². The molecule has 1 aliphatic rings. The van der Waals surface area contributed by atoms with Gasteiger partial charge in [-0.2, -0.15) is 0 Å². The molecule has 0 saturated carbocycles. The van der Waals surface area contributed by atoms with Crippen LogP contribution >= 0.6 is 0 Å². The summed E-state index contributed by atoms with van der Waals surface area (Å²) >= 11 is 0. The Bertz CT molecular complexity index is 613. The largest absolute Gasteiger partial charge is 0.368 e. The van der Waals surface area contributed by atoms with Gasteiger partial charge in [0.15, 0.2) is 0 Å². The molecule has 0 bridgehead atoms. The van der Waals surface area contributed by atoms with E-state index in [1.807, 2.05) is 19.0 Å². The molecule has 0 radical (unpaired) electrons. The number of anilines is 1. The highest BCUT2D eigenvalue weighted by atomic mass is 19.1. The van der Waals surface area contributed by atoms with Gasteiger partial charge >= 0.3 is 0 Å². The summed E-state index contributed by atoms with van der Waals surface area (Å²) in [6.07, 6.45) is 1.26. The van der Waals surface area contributed by atoms with E-state index in [0.29, 0.717) is 32.6 Å². The smallest absolute Gasteiger partial charge is 0.224 e. The van der Waals surface area contributed by atoms with Crippen LogP contribution in [0.2, 0.25) is 0 Å². The molecule has 0 aliphatic carbocycles. The van der Waals surface area contributed by atoms with Crippen LogP contribution in [0.1, 0.15) is 19.8 Å². The van der Waals surface area contributed by atoms with Gasteiger partial charge in [-0.1, -0.05) is 0 Å². The molecule has 0 atom stereocenters. The zero-order valence-electron chi connectivity index (χ0n) is 16.7. The molecule has 6 nitrogen and oxygen atoms in total. The first-order chi connectivity index (χ1) is 12.9. The van der Waals surface area contributed by atoms with Gasteiger partial charge in [0.1, 0.15) is 5.82 Å². The van der Waals surface area contributed by atoms with Gasteiger partial charge in [0.05, 0.1) is 0 Å². The molecule has 27 heavy (non-hydrogen) atoms. The number of hydrogen-bond donors (Lipinski definition) is 0. The predicted octanol–water partition coefficient (Wildman–Crippen LogP) is 1.66. The van der Waals surface area contributed by atoms with E-state index in [2.05, 4.69) is 9.80 Å². The quantitative estimate of drug-likeness (QED) is 0.690. The number of benzene rings is 1. The van der Waals surface area contributed by atoms with Crippen LogP contribution in [0.25, 0.3) is 0 Å². The van der Waals surface area contributed by atoms with Crippen LogP contribution in [0.4, 0.5) is 10.1 Å². The predicted molar refractivity (Wildman–Crippen MR) is 105 cm³/mol. The van der Waals surface area contributed by atoms with Crippen LogP contribution in [0, 0.1) is 5.82 Å². The highest BCUT2D eigenvalue weighted by Crippen LogP contribution is 2.17. The summed E-state index contributed by atoms with van der Waals surface area (Å²) in [5.74, 6) is -0.136. The first-order valence-electron chi connectivity index (χ1n) is 9.55. The molecule has 150 valence electrons. The summed E-state index contributed by atoms with van der Waals surface area (Å²) in [5, 5.41) is 0. The molecule has 0 N–H and O–H groups in total. The topological polar surface area (TPSA) is 47.1 Å². The van der Waals surface area contributed by atoms with E-state index in [1.54, 1.807) is 24.0 Å². The molecular formula is C20H31FN4O2. The molecule has 1 saturated heterocycles. The fourth-order valence-corrected chi connectivity index (χ4v) is 3.26. The van der Waals surface area contributed by atoms with E-state index >= 15 is 0 Å². The minimum Gasteiger partial charge on any atom is -0.368 e. The van der Waals surface area contributed by atoms with E-state index in [4.69, 9.17) is 0 Å². The Labute approximate surface area is 161 Å². The van der Waals surface area contributed by atoms with Gasteiger partial charge in [0, 0.05) is 58.3 Å². The Kier molecular flexibility index (Phi) is 8.03. The molecule has 1 heterocycles. The lowest BCUT2D eigenvalue weighted by Crippen LogP contribution is -2.49. The molecular weight excluding hydrogens is 347 g/mol. The number of rotatable bonds is 8. The fourth-order valence-electron chi connectivity index (χ4n) is 3.26. The van der Waals surface area contributed by atoms with Crippen LogP contribution in [-0.4, -0.2) is 86.4 Å². The van der Waals surface area contributed by atoms with E-state index < -0.39 is 0 Å². The first kappa shape index (κ1) is 21.2. The zero-order valence-corrected chi connectivity index (χ0v) is 16.7. The summed E-state index contributed by atoms with van der Waals surface area (Å²) in [6, 6.07) is 6.45. The highest BCUT2D eigenvalue weighted by Gasteiger charge is 2.22. The second-order valence-corrected chi connectivity index (χ2v) is 7.26. The van der Waals surface area contributed by atoms with Crippen LogP contribution in [0.3, 0.4) is 0 Å². The highest BCUT2D eigenvalue weighted by molar-refractivity contribution is 5.78. The molecule has 1 fully saturated rings. The Hall–Kier alpha value is -2.15. The van der Waals surface area contributed by atoms with Crippen molar-refractivity contribution in [1.82, 2.24) is 14.7 Å². The zero-order chi connectivity index (χ0) is 19.8. The van der Waals surface area contributed by atoms with Crippen molar-refractivity contribution >= 4 is 17.5 Å². The van der Waals surface area contributed by atoms with Gasteiger partial charge in [-0.05, 0) is 51.3 Å². The van der Waals surface area contributed by atoms with Crippen molar-refractivity contribution in [3.8, 4) is 0 Å². The number of amides is 2. The maximum Gasteiger partial charge on any atom is 0.224 e. The minimum atomic E-state index is -0.242. The Morgan fingerprint density at radius 2 is 1.63 bits per heavy atom. The normalized spacial score (nSPS) is 14.6. The maximum atomic E-state index is 13.0. The fraction of sp³-hybridized carbons (Fsp3) is 0.600. The number of carbonyl (C=O) groups excluding carboxylic acids is 2. The lowest BCUT2D eigenvalue weighted by atomic mass is 10.2. The SMILES string of the molecule is CC(=O)N(CCCN(C)C)CCC(=O)N1CCN(c2ccc(F)cc2)CC1. The standard InChI is InChI=1S/C20H31FN4O2/c1-17(26)23(11-4-10-22(2)3)12-9-20(27)25-15-13-24(14-16-25)19-7-5-18(21)6-8-19/h5-8H,4,9-16H2,1-3H3. The minimum absolute atomic E-state index is 0.0164. The van der Waals surface area contributed by atoms with E-state index in [0.717, 1.165) is 31.7 Å².